The molecule has 5 heteroatoms. The van der Waals surface area contributed by atoms with Gasteiger partial charge in [-0.15, -0.1) is 0 Å². The van der Waals surface area contributed by atoms with Crippen LogP contribution in [0.25, 0.3) is 16.6 Å². The molecule has 2 heterocycles. The molecule has 0 aliphatic carbocycles. The lowest BCUT2D eigenvalue weighted by Gasteiger charge is -1.97. The summed E-state index contributed by atoms with van der Waals surface area (Å²) in [6, 6.07) is 9.22. The molecule has 1 N–H and O–H groups in total. The standard InChI is InChI=1S/C14H12N4O/c1-15-14(19)10-4-5-13-11(7-10)9-18(17-13)12-3-2-6-16-8-12/h2-9H,1H3,(H,15,19). The van der Waals surface area contributed by atoms with E-state index in [-0.39, 0.29) is 5.91 Å². The number of rotatable bonds is 2. The Morgan fingerprint density at radius 2 is 2.21 bits per heavy atom. The molecule has 0 fully saturated rings. The van der Waals surface area contributed by atoms with E-state index in [4.69, 9.17) is 0 Å². The Hall–Kier alpha value is -2.69. The van der Waals surface area contributed by atoms with E-state index in [0.717, 1.165) is 16.6 Å². The van der Waals surface area contributed by atoms with Crippen LogP contribution in [0.2, 0.25) is 0 Å². The molecule has 2 aromatic heterocycles. The molecular formula is C14H12N4O. The van der Waals surface area contributed by atoms with Crippen LogP contribution in [0.3, 0.4) is 0 Å². The maximum Gasteiger partial charge on any atom is 0.251 e. The summed E-state index contributed by atoms with van der Waals surface area (Å²) in [4.78, 5) is 15.7. The number of aromatic nitrogens is 3. The molecule has 0 aliphatic rings. The van der Waals surface area contributed by atoms with E-state index in [0.29, 0.717) is 5.56 Å². The Bertz CT molecular complexity index is 734. The van der Waals surface area contributed by atoms with Gasteiger partial charge in [0.2, 0.25) is 0 Å². The number of fused-ring (bicyclic) bond motifs is 1. The number of nitrogens with one attached hydrogen (secondary N) is 1. The smallest absolute Gasteiger partial charge is 0.251 e. The number of carbonyl (C=O) groups is 1. The van der Waals surface area contributed by atoms with Crippen molar-refractivity contribution in [3.63, 3.8) is 0 Å². The first-order chi connectivity index (χ1) is 9.28. The minimum absolute atomic E-state index is 0.101. The van der Waals surface area contributed by atoms with Gasteiger partial charge in [0.05, 0.1) is 17.4 Å². The predicted molar refractivity (Wildman–Crippen MR) is 72.3 cm³/mol. The number of hydrogen-bond donors (Lipinski definition) is 1. The number of carbonyl (C=O) groups excluding carboxylic acids is 1. The van der Waals surface area contributed by atoms with Gasteiger partial charge < -0.3 is 5.32 Å². The molecular weight excluding hydrogens is 240 g/mol. The SMILES string of the molecule is CNC(=O)c1ccc2nn(-c3cccnc3)cc2c1. The topological polar surface area (TPSA) is 59.8 Å². The summed E-state index contributed by atoms with van der Waals surface area (Å²) in [5.41, 5.74) is 2.36. The summed E-state index contributed by atoms with van der Waals surface area (Å²) < 4.78 is 1.76. The number of hydrogen-bond acceptors (Lipinski definition) is 3. The number of amides is 1. The fourth-order valence-corrected chi connectivity index (χ4v) is 1.93. The average Bonchev–Trinajstić information content (AvgIpc) is 2.90. The summed E-state index contributed by atoms with van der Waals surface area (Å²) in [7, 11) is 1.62. The Morgan fingerprint density at radius 3 is 2.95 bits per heavy atom. The van der Waals surface area contributed by atoms with E-state index in [9.17, 15) is 4.79 Å². The van der Waals surface area contributed by atoms with Crippen molar-refractivity contribution < 1.29 is 4.79 Å². The average molecular weight is 252 g/mol. The van der Waals surface area contributed by atoms with Crippen molar-refractivity contribution in [1.82, 2.24) is 20.1 Å². The van der Waals surface area contributed by atoms with Crippen molar-refractivity contribution >= 4 is 16.8 Å². The molecule has 5 nitrogen and oxygen atoms in total. The Kier molecular flexibility index (Phi) is 2.72. The quantitative estimate of drug-likeness (QED) is 0.756. The van der Waals surface area contributed by atoms with Crippen LogP contribution in [0.5, 0.6) is 0 Å². The number of benzene rings is 1. The van der Waals surface area contributed by atoms with Crippen molar-refractivity contribution in [1.29, 1.82) is 0 Å². The van der Waals surface area contributed by atoms with Gasteiger partial charge in [-0.2, -0.15) is 5.10 Å². The van der Waals surface area contributed by atoms with Gasteiger partial charge in [-0.05, 0) is 30.3 Å². The third-order valence-electron chi connectivity index (χ3n) is 2.90. The van der Waals surface area contributed by atoms with Crippen LogP contribution in [0, 0.1) is 0 Å². The second-order valence-electron chi connectivity index (χ2n) is 4.14. The zero-order chi connectivity index (χ0) is 13.2. The van der Waals surface area contributed by atoms with Crippen molar-refractivity contribution in [2.75, 3.05) is 7.05 Å². The van der Waals surface area contributed by atoms with Crippen LogP contribution < -0.4 is 5.32 Å². The number of pyridine rings is 1. The van der Waals surface area contributed by atoms with Gasteiger partial charge in [0.1, 0.15) is 0 Å². The van der Waals surface area contributed by atoms with Gasteiger partial charge in [0.15, 0.2) is 0 Å². The maximum absolute atomic E-state index is 11.6. The molecule has 0 aliphatic heterocycles. The van der Waals surface area contributed by atoms with Crippen LogP contribution in [0.1, 0.15) is 10.4 Å². The van der Waals surface area contributed by atoms with Crippen LogP contribution in [0.15, 0.2) is 48.9 Å². The Balaban J connectivity index is 2.09. The summed E-state index contributed by atoms with van der Waals surface area (Å²) in [5.74, 6) is -0.101. The van der Waals surface area contributed by atoms with Crippen LogP contribution in [-0.2, 0) is 0 Å². The van der Waals surface area contributed by atoms with E-state index < -0.39 is 0 Å². The Morgan fingerprint density at radius 1 is 1.32 bits per heavy atom. The van der Waals surface area contributed by atoms with Gasteiger partial charge in [0, 0.05) is 30.4 Å². The molecule has 1 amide bonds. The monoisotopic (exact) mass is 252 g/mol. The highest BCUT2D eigenvalue weighted by Gasteiger charge is 2.07. The van der Waals surface area contributed by atoms with E-state index in [1.165, 1.54) is 0 Å². The molecule has 94 valence electrons. The minimum Gasteiger partial charge on any atom is -0.355 e. The lowest BCUT2D eigenvalue weighted by atomic mass is 10.1. The van der Waals surface area contributed by atoms with Gasteiger partial charge >= 0.3 is 0 Å². The maximum atomic E-state index is 11.6. The molecule has 0 radical (unpaired) electrons. The van der Waals surface area contributed by atoms with Crippen molar-refractivity contribution in [2.45, 2.75) is 0 Å². The van der Waals surface area contributed by atoms with Gasteiger partial charge in [-0.25, -0.2) is 4.68 Å². The first-order valence-electron chi connectivity index (χ1n) is 5.90. The first-order valence-corrected chi connectivity index (χ1v) is 5.90. The second-order valence-corrected chi connectivity index (χ2v) is 4.14. The molecule has 0 atom stereocenters. The van der Waals surface area contributed by atoms with E-state index in [2.05, 4.69) is 15.4 Å². The largest absolute Gasteiger partial charge is 0.355 e. The lowest BCUT2D eigenvalue weighted by Crippen LogP contribution is -2.17. The van der Waals surface area contributed by atoms with E-state index in [1.807, 2.05) is 30.5 Å². The van der Waals surface area contributed by atoms with Crippen LogP contribution in [-0.4, -0.2) is 27.7 Å². The van der Waals surface area contributed by atoms with Gasteiger partial charge in [0.25, 0.3) is 5.91 Å². The highest BCUT2D eigenvalue weighted by Crippen LogP contribution is 2.17. The lowest BCUT2D eigenvalue weighted by molar-refractivity contribution is 0.0963. The minimum atomic E-state index is -0.101. The van der Waals surface area contributed by atoms with E-state index >= 15 is 0 Å². The van der Waals surface area contributed by atoms with Crippen LogP contribution >= 0.6 is 0 Å². The first kappa shape index (κ1) is 11.4. The molecule has 0 spiro atoms. The van der Waals surface area contributed by atoms with Gasteiger partial charge in [-0.1, -0.05) is 0 Å². The molecule has 0 saturated carbocycles. The highest BCUT2D eigenvalue weighted by molar-refractivity contribution is 5.97. The zero-order valence-electron chi connectivity index (χ0n) is 10.4. The normalized spacial score (nSPS) is 10.6. The summed E-state index contributed by atoms with van der Waals surface area (Å²) in [5, 5.41) is 7.98. The summed E-state index contributed by atoms with van der Waals surface area (Å²) in [6.07, 6.45) is 5.35. The molecule has 0 bridgehead atoms. The van der Waals surface area contributed by atoms with Crippen molar-refractivity contribution in [3.8, 4) is 5.69 Å². The molecule has 0 saturated heterocycles. The Labute approximate surface area is 109 Å². The molecule has 3 aromatic rings. The van der Waals surface area contributed by atoms with Gasteiger partial charge in [-0.3, -0.25) is 9.78 Å². The number of nitrogens with zero attached hydrogens (tertiary/aromatic N) is 3. The van der Waals surface area contributed by atoms with E-state index in [1.54, 1.807) is 30.2 Å². The zero-order valence-corrected chi connectivity index (χ0v) is 10.4. The van der Waals surface area contributed by atoms with Crippen molar-refractivity contribution in [3.05, 3.63) is 54.5 Å². The third-order valence-corrected chi connectivity index (χ3v) is 2.90. The summed E-state index contributed by atoms with van der Waals surface area (Å²) >= 11 is 0. The highest BCUT2D eigenvalue weighted by atomic mass is 16.1. The molecule has 3 rings (SSSR count). The fraction of sp³-hybridized carbons (Fsp3) is 0.0714. The fourth-order valence-electron chi connectivity index (χ4n) is 1.93. The predicted octanol–water partition coefficient (Wildman–Crippen LogP) is 1.78. The van der Waals surface area contributed by atoms with Crippen LogP contribution in [0.4, 0.5) is 0 Å². The molecule has 0 unspecified atom stereocenters. The summed E-state index contributed by atoms with van der Waals surface area (Å²) in [6.45, 7) is 0. The third kappa shape index (κ3) is 2.06. The second kappa shape index (κ2) is 4.53. The molecule has 19 heavy (non-hydrogen) atoms. The molecule has 1 aromatic carbocycles. The van der Waals surface area contributed by atoms with Crippen molar-refractivity contribution in [2.24, 2.45) is 0 Å².